The van der Waals surface area contributed by atoms with Gasteiger partial charge in [-0.25, -0.2) is 10.2 Å². The number of hydrazine groups is 1. The lowest BCUT2D eigenvalue weighted by Gasteiger charge is -1.97. The number of nitrogen functional groups attached to an aromatic ring is 1. The summed E-state index contributed by atoms with van der Waals surface area (Å²) in [6.07, 6.45) is 0. The quantitative estimate of drug-likeness (QED) is 0.482. The van der Waals surface area contributed by atoms with Crippen molar-refractivity contribution in [3.05, 3.63) is 35.9 Å². The summed E-state index contributed by atoms with van der Waals surface area (Å²) in [4.78, 5) is 4.89. The van der Waals surface area contributed by atoms with Gasteiger partial charge in [0.1, 0.15) is 5.82 Å². The van der Waals surface area contributed by atoms with Gasteiger partial charge < -0.3 is 4.52 Å². The largest absolute Gasteiger partial charge is 0.335 e. The molecule has 0 atom stereocenters. The highest BCUT2D eigenvalue weighted by molar-refractivity contribution is 7.98. The van der Waals surface area contributed by atoms with Crippen LogP contribution in [-0.4, -0.2) is 10.1 Å². The van der Waals surface area contributed by atoms with Crippen molar-refractivity contribution in [2.24, 2.45) is 5.84 Å². The number of nitrogens with zero attached hydrogens (tertiary/aromatic N) is 2. The monoisotopic (exact) mass is 240 g/mol. The number of hydrogen-bond donors (Lipinski definition) is 2. The number of benzene rings is 1. The fourth-order valence-electron chi connectivity index (χ4n) is 1.05. The van der Waals surface area contributed by atoms with E-state index in [4.69, 9.17) is 10.4 Å². The van der Waals surface area contributed by atoms with Gasteiger partial charge in [-0.15, -0.1) is 11.8 Å². The second-order valence-corrected chi connectivity index (χ2v) is 3.95. The SMILES string of the molecule is NNc1nc(CSc2ccc(F)cc2)no1. The predicted molar refractivity (Wildman–Crippen MR) is 58.1 cm³/mol. The smallest absolute Gasteiger partial charge is 0.314 e. The molecule has 0 saturated carbocycles. The van der Waals surface area contributed by atoms with E-state index >= 15 is 0 Å². The molecule has 0 amide bonds. The molecular weight excluding hydrogens is 231 g/mol. The van der Waals surface area contributed by atoms with Crippen molar-refractivity contribution < 1.29 is 8.91 Å². The number of halogens is 1. The Bertz CT molecular complexity index is 459. The maximum atomic E-state index is 12.6. The minimum atomic E-state index is -0.251. The average molecular weight is 240 g/mol. The molecule has 1 heterocycles. The minimum Gasteiger partial charge on any atom is -0.314 e. The van der Waals surface area contributed by atoms with Crippen LogP contribution in [0.2, 0.25) is 0 Å². The Kier molecular flexibility index (Phi) is 3.37. The van der Waals surface area contributed by atoms with Gasteiger partial charge in [0, 0.05) is 4.90 Å². The molecule has 0 unspecified atom stereocenters. The molecular formula is C9H9FN4OS. The lowest BCUT2D eigenvalue weighted by atomic mass is 10.4. The topological polar surface area (TPSA) is 77.0 Å². The van der Waals surface area contributed by atoms with Crippen molar-refractivity contribution in [3.63, 3.8) is 0 Å². The van der Waals surface area contributed by atoms with Gasteiger partial charge in [-0.2, -0.15) is 4.98 Å². The fourth-order valence-corrected chi connectivity index (χ4v) is 1.79. The number of anilines is 1. The van der Waals surface area contributed by atoms with Crippen LogP contribution < -0.4 is 11.3 Å². The molecule has 2 rings (SSSR count). The first-order chi connectivity index (χ1) is 7.78. The number of nitrogens with two attached hydrogens (primary N) is 1. The van der Waals surface area contributed by atoms with Gasteiger partial charge in [-0.1, -0.05) is 5.16 Å². The van der Waals surface area contributed by atoms with Gasteiger partial charge in [0.15, 0.2) is 5.82 Å². The Morgan fingerprint density at radius 3 is 2.75 bits per heavy atom. The minimum absolute atomic E-state index is 0.176. The molecule has 0 fully saturated rings. The van der Waals surface area contributed by atoms with Crippen LogP contribution in [0.1, 0.15) is 5.82 Å². The van der Waals surface area contributed by atoms with Gasteiger partial charge in [0.25, 0.3) is 0 Å². The molecule has 0 radical (unpaired) electrons. The molecule has 5 nitrogen and oxygen atoms in total. The zero-order valence-electron chi connectivity index (χ0n) is 8.18. The third kappa shape index (κ3) is 2.71. The van der Waals surface area contributed by atoms with E-state index in [9.17, 15) is 4.39 Å². The Morgan fingerprint density at radius 2 is 2.12 bits per heavy atom. The van der Waals surface area contributed by atoms with E-state index in [-0.39, 0.29) is 11.8 Å². The standard InChI is InChI=1S/C9H9FN4OS/c10-6-1-3-7(4-2-6)16-5-8-12-9(13-11)15-14-8/h1-4H,5,11H2,(H,12,13,14). The van der Waals surface area contributed by atoms with Gasteiger partial charge in [0.2, 0.25) is 0 Å². The normalized spacial score (nSPS) is 10.4. The molecule has 0 aliphatic carbocycles. The molecule has 1 aromatic carbocycles. The maximum Gasteiger partial charge on any atom is 0.335 e. The number of hydrogen-bond acceptors (Lipinski definition) is 6. The Labute approximate surface area is 95.2 Å². The van der Waals surface area contributed by atoms with Crippen LogP contribution in [0.3, 0.4) is 0 Å². The molecule has 16 heavy (non-hydrogen) atoms. The van der Waals surface area contributed by atoms with Gasteiger partial charge in [-0.3, -0.25) is 5.43 Å². The average Bonchev–Trinajstić information content (AvgIpc) is 2.76. The predicted octanol–water partition coefficient (Wildman–Crippen LogP) is 1.79. The second kappa shape index (κ2) is 4.95. The first-order valence-electron chi connectivity index (χ1n) is 4.45. The van der Waals surface area contributed by atoms with E-state index in [1.54, 1.807) is 12.1 Å². The van der Waals surface area contributed by atoms with Crippen LogP contribution in [0.25, 0.3) is 0 Å². The number of thioether (sulfide) groups is 1. The van der Waals surface area contributed by atoms with E-state index in [0.717, 1.165) is 4.90 Å². The summed E-state index contributed by atoms with van der Waals surface area (Å²) in [5, 5.41) is 3.70. The van der Waals surface area contributed by atoms with Crippen LogP contribution in [-0.2, 0) is 5.75 Å². The van der Waals surface area contributed by atoms with Crippen LogP contribution in [0.5, 0.6) is 0 Å². The van der Waals surface area contributed by atoms with Crippen molar-refractivity contribution >= 4 is 17.8 Å². The molecule has 0 bridgehead atoms. The van der Waals surface area contributed by atoms with Crippen molar-refractivity contribution in [2.75, 3.05) is 5.43 Å². The van der Waals surface area contributed by atoms with Crippen LogP contribution in [0, 0.1) is 5.82 Å². The number of nitrogens with one attached hydrogen (secondary N) is 1. The van der Waals surface area contributed by atoms with E-state index in [2.05, 4.69) is 15.6 Å². The summed E-state index contributed by atoms with van der Waals surface area (Å²) >= 11 is 1.49. The van der Waals surface area contributed by atoms with Gasteiger partial charge >= 0.3 is 6.01 Å². The summed E-state index contributed by atoms with van der Waals surface area (Å²) in [5.41, 5.74) is 2.25. The third-order valence-corrected chi connectivity index (χ3v) is 2.78. The summed E-state index contributed by atoms with van der Waals surface area (Å²) in [7, 11) is 0. The highest BCUT2D eigenvalue weighted by Crippen LogP contribution is 2.21. The number of aromatic nitrogens is 2. The summed E-state index contributed by atoms with van der Waals surface area (Å²) in [6.45, 7) is 0. The van der Waals surface area contributed by atoms with Crippen molar-refractivity contribution in [3.8, 4) is 0 Å². The Hall–Kier alpha value is -1.60. The van der Waals surface area contributed by atoms with E-state index < -0.39 is 0 Å². The third-order valence-electron chi connectivity index (χ3n) is 1.77. The van der Waals surface area contributed by atoms with Crippen molar-refractivity contribution in [2.45, 2.75) is 10.6 Å². The molecule has 1 aromatic heterocycles. The lowest BCUT2D eigenvalue weighted by Crippen LogP contribution is -2.06. The fraction of sp³-hybridized carbons (Fsp3) is 0.111. The zero-order valence-corrected chi connectivity index (χ0v) is 9.00. The summed E-state index contributed by atoms with van der Waals surface area (Å²) in [6, 6.07) is 6.39. The molecule has 3 N–H and O–H groups in total. The maximum absolute atomic E-state index is 12.6. The van der Waals surface area contributed by atoms with Gasteiger partial charge in [-0.05, 0) is 24.3 Å². The highest BCUT2D eigenvalue weighted by Gasteiger charge is 2.05. The lowest BCUT2D eigenvalue weighted by molar-refractivity contribution is 0.425. The zero-order chi connectivity index (χ0) is 11.4. The van der Waals surface area contributed by atoms with E-state index in [1.165, 1.54) is 23.9 Å². The van der Waals surface area contributed by atoms with Crippen LogP contribution in [0.4, 0.5) is 10.4 Å². The Balaban J connectivity index is 1.94. The van der Waals surface area contributed by atoms with Crippen molar-refractivity contribution in [1.82, 2.24) is 10.1 Å². The van der Waals surface area contributed by atoms with Crippen LogP contribution in [0.15, 0.2) is 33.7 Å². The highest BCUT2D eigenvalue weighted by atomic mass is 32.2. The van der Waals surface area contributed by atoms with E-state index in [1.807, 2.05) is 0 Å². The first kappa shape index (κ1) is 10.9. The molecule has 0 aliphatic rings. The molecule has 84 valence electrons. The molecule has 0 saturated heterocycles. The molecule has 0 spiro atoms. The molecule has 0 aliphatic heterocycles. The number of rotatable bonds is 4. The van der Waals surface area contributed by atoms with Gasteiger partial charge in [0.05, 0.1) is 5.75 Å². The first-order valence-corrected chi connectivity index (χ1v) is 5.44. The summed E-state index contributed by atoms with van der Waals surface area (Å²) < 4.78 is 17.4. The summed E-state index contributed by atoms with van der Waals surface area (Å²) in [5.74, 6) is 5.91. The molecule has 7 heteroatoms. The molecule has 2 aromatic rings. The Morgan fingerprint density at radius 1 is 1.38 bits per heavy atom. The van der Waals surface area contributed by atoms with Crippen molar-refractivity contribution in [1.29, 1.82) is 0 Å². The van der Waals surface area contributed by atoms with Crippen LogP contribution >= 0.6 is 11.8 Å². The van der Waals surface area contributed by atoms with E-state index in [0.29, 0.717) is 11.6 Å². The second-order valence-electron chi connectivity index (χ2n) is 2.90.